The quantitative estimate of drug-likeness (QED) is 0.587. The highest BCUT2D eigenvalue weighted by Gasteiger charge is 2.18. The summed E-state index contributed by atoms with van der Waals surface area (Å²) in [5.74, 6) is 0.805. The predicted molar refractivity (Wildman–Crippen MR) is 101 cm³/mol. The predicted octanol–water partition coefficient (Wildman–Crippen LogP) is 2.48. The van der Waals surface area contributed by atoms with E-state index in [4.69, 9.17) is 5.73 Å². The molecule has 1 aliphatic heterocycles. The zero-order chi connectivity index (χ0) is 18.1. The Balaban J connectivity index is 1.61. The lowest BCUT2D eigenvalue weighted by Gasteiger charge is -2.30. The lowest BCUT2D eigenvalue weighted by Crippen LogP contribution is -2.36. The number of nitrogens with two attached hydrogens (primary N) is 1. The fourth-order valence-electron chi connectivity index (χ4n) is 3.12. The van der Waals surface area contributed by atoms with E-state index in [1.54, 1.807) is 0 Å². The summed E-state index contributed by atoms with van der Waals surface area (Å²) in [7, 11) is 0. The third kappa shape index (κ3) is 7.44. The van der Waals surface area contributed by atoms with Crippen LogP contribution >= 0.6 is 11.3 Å². The number of hydrogen-bond acceptors (Lipinski definition) is 4. The topological polar surface area (TPSA) is 87.5 Å². The fraction of sp³-hybridized carbons (Fsp3) is 0.667. The van der Waals surface area contributed by atoms with E-state index >= 15 is 0 Å². The standard InChI is InChI=1S/C18H30N4O2S/c1-14-6-10-22(11-7-14)9-3-2-8-20-17(23)13-15(21-18(19)24)16-5-4-12-25-16/h4-5,12,14-15H,2-3,6-11,13H2,1H3,(H,20,23)(H3,19,21,24). The Kier molecular flexibility index (Phi) is 8.21. The molecule has 1 aromatic rings. The van der Waals surface area contributed by atoms with Crippen LogP contribution in [0.15, 0.2) is 17.5 Å². The Morgan fingerprint density at radius 3 is 2.76 bits per heavy atom. The number of rotatable bonds is 9. The first-order valence-corrected chi connectivity index (χ1v) is 10.0. The van der Waals surface area contributed by atoms with Gasteiger partial charge in [-0.15, -0.1) is 11.3 Å². The second-order valence-electron chi connectivity index (χ2n) is 6.86. The Morgan fingerprint density at radius 1 is 1.36 bits per heavy atom. The van der Waals surface area contributed by atoms with Crippen molar-refractivity contribution in [1.29, 1.82) is 0 Å². The summed E-state index contributed by atoms with van der Waals surface area (Å²) in [6.07, 6.45) is 4.89. The van der Waals surface area contributed by atoms with Crippen molar-refractivity contribution in [2.45, 2.75) is 45.1 Å². The summed E-state index contributed by atoms with van der Waals surface area (Å²) in [5.41, 5.74) is 5.21. The molecule has 0 spiro atoms. The third-order valence-electron chi connectivity index (χ3n) is 4.69. The van der Waals surface area contributed by atoms with Gasteiger partial charge in [0, 0.05) is 11.4 Å². The van der Waals surface area contributed by atoms with Crippen LogP contribution in [0.5, 0.6) is 0 Å². The van der Waals surface area contributed by atoms with Crippen LogP contribution < -0.4 is 16.4 Å². The molecule has 0 saturated carbocycles. The largest absolute Gasteiger partial charge is 0.356 e. The van der Waals surface area contributed by atoms with Gasteiger partial charge in [-0.2, -0.15) is 0 Å². The molecule has 1 saturated heterocycles. The molecule has 140 valence electrons. The number of likely N-dealkylation sites (tertiary alicyclic amines) is 1. The van der Waals surface area contributed by atoms with Crippen LogP contribution in [0.2, 0.25) is 0 Å². The zero-order valence-corrected chi connectivity index (χ0v) is 15.8. The highest BCUT2D eigenvalue weighted by Crippen LogP contribution is 2.21. The average Bonchev–Trinajstić information content (AvgIpc) is 3.10. The van der Waals surface area contributed by atoms with E-state index in [2.05, 4.69) is 22.5 Å². The molecule has 1 aliphatic rings. The second kappa shape index (κ2) is 10.4. The minimum Gasteiger partial charge on any atom is -0.356 e. The fourth-order valence-corrected chi connectivity index (χ4v) is 3.89. The van der Waals surface area contributed by atoms with Crippen molar-refractivity contribution in [2.24, 2.45) is 11.7 Å². The minimum atomic E-state index is -0.609. The van der Waals surface area contributed by atoms with Gasteiger partial charge in [0.05, 0.1) is 12.5 Å². The second-order valence-corrected chi connectivity index (χ2v) is 7.84. The number of nitrogens with one attached hydrogen (secondary N) is 2. The van der Waals surface area contributed by atoms with Gasteiger partial charge in [-0.25, -0.2) is 4.79 Å². The van der Waals surface area contributed by atoms with Crippen LogP contribution in [0, 0.1) is 5.92 Å². The average molecular weight is 367 g/mol. The number of urea groups is 1. The molecule has 0 aliphatic carbocycles. The molecule has 0 aromatic carbocycles. The van der Waals surface area contributed by atoms with Gasteiger partial charge in [0.15, 0.2) is 0 Å². The molecule has 1 atom stereocenters. The Hall–Kier alpha value is -1.60. The molecule has 1 unspecified atom stereocenters. The van der Waals surface area contributed by atoms with Gasteiger partial charge in [0.1, 0.15) is 0 Å². The number of piperidine rings is 1. The maximum atomic E-state index is 12.1. The van der Waals surface area contributed by atoms with E-state index in [0.29, 0.717) is 6.54 Å². The Bertz CT molecular complexity index is 527. The molecule has 1 aromatic heterocycles. The summed E-state index contributed by atoms with van der Waals surface area (Å²) >= 11 is 1.51. The maximum Gasteiger partial charge on any atom is 0.312 e. The smallest absolute Gasteiger partial charge is 0.312 e. The zero-order valence-electron chi connectivity index (χ0n) is 15.0. The van der Waals surface area contributed by atoms with Crippen molar-refractivity contribution in [3.05, 3.63) is 22.4 Å². The van der Waals surface area contributed by atoms with Gasteiger partial charge >= 0.3 is 6.03 Å². The van der Waals surface area contributed by atoms with Gasteiger partial charge < -0.3 is 21.3 Å². The molecule has 0 radical (unpaired) electrons. The van der Waals surface area contributed by atoms with Gasteiger partial charge in [-0.1, -0.05) is 13.0 Å². The number of unbranched alkanes of at least 4 members (excludes halogenated alkanes) is 1. The first-order chi connectivity index (χ1) is 12.0. The number of thiophene rings is 1. The first kappa shape index (κ1) is 19.7. The van der Waals surface area contributed by atoms with Gasteiger partial charge in [-0.05, 0) is 62.7 Å². The van der Waals surface area contributed by atoms with E-state index in [-0.39, 0.29) is 18.4 Å². The van der Waals surface area contributed by atoms with E-state index in [0.717, 1.165) is 30.2 Å². The third-order valence-corrected chi connectivity index (χ3v) is 5.68. The van der Waals surface area contributed by atoms with Crippen molar-refractivity contribution < 1.29 is 9.59 Å². The number of hydrogen-bond donors (Lipinski definition) is 3. The molecule has 0 bridgehead atoms. The highest BCUT2D eigenvalue weighted by atomic mass is 32.1. The summed E-state index contributed by atoms with van der Waals surface area (Å²) in [6, 6.07) is 2.84. The normalized spacial score (nSPS) is 17.2. The number of carbonyl (C=O) groups is 2. The molecule has 3 amide bonds. The maximum absolute atomic E-state index is 12.1. The number of carbonyl (C=O) groups excluding carboxylic acids is 2. The molecular formula is C18H30N4O2S. The molecular weight excluding hydrogens is 336 g/mol. The Labute approximate surface area is 154 Å². The van der Waals surface area contributed by atoms with Crippen molar-refractivity contribution in [3.8, 4) is 0 Å². The molecule has 25 heavy (non-hydrogen) atoms. The molecule has 7 heteroatoms. The van der Waals surface area contributed by atoms with E-state index in [1.807, 2.05) is 17.5 Å². The van der Waals surface area contributed by atoms with Gasteiger partial charge in [0.2, 0.25) is 5.91 Å². The minimum absolute atomic E-state index is 0.0565. The molecule has 2 rings (SSSR count). The van der Waals surface area contributed by atoms with Crippen LogP contribution in [0.1, 0.15) is 49.9 Å². The summed E-state index contributed by atoms with van der Waals surface area (Å²) in [6.45, 7) is 6.52. The molecule has 4 N–H and O–H groups in total. The van der Waals surface area contributed by atoms with Crippen LogP contribution in [0.3, 0.4) is 0 Å². The Morgan fingerprint density at radius 2 is 2.12 bits per heavy atom. The molecule has 1 fully saturated rings. The summed E-state index contributed by atoms with van der Waals surface area (Å²) in [5, 5.41) is 7.51. The van der Waals surface area contributed by atoms with Crippen molar-refractivity contribution in [1.82, 2.24) is 15.5 Å². The van der Waals surface area contributed by atoms with Gasteiger partial charge in [-0.3, -0.25) is 4.79 Å². The number of primary amides is 1. The van der Waals surface area contributed by atoms with Crippen LogP contribution in [-0.2, 0) is 4.79 Å². The number of nitrogens with zero attached hydrogens (tertiary/aromatic N) is 1. The van der Waals surface area contributed by atoms with Crippen LogP contribution in [-0.4, -0.2) is 43.0 Å². The first-order valence-electron chi connectivity index (χ1n) is 9.13. The van der Waals surface area contributed by atoms with E-state index < -0.39 is 6.03 Å². The van der Waals surface area contributed by atoms with E-state index in [9.17, 15) is 9.59 Å². The van der Waals surface area contributed by atoms with Crippen LogP contribution in [0.4, 0.5) is 4.79 Å². The monoisotopic (exact) mass is 366 g/mol. The summed E-state index contributed by atoms with van der Waals surface area (Å²) < 4.78 is 0. The van der Waals surface area contributed by atoms with Crippen LogP contribution in [0.25, 0.3) is 0 Å². The van der Waals surface area contributed by atoms with Crippen molar-refractivity contribution in [3.63, 3.8) is 0 Å². The molecule has 6 nitrogen and oxygen atoms in total. The summed E-state index contributed by atoms with van der Waals surface area (Å²) in [4.78, 5) is 26.7. The highest BCUT2D eigenvalue weighted by molar-refractivity contribution is 7.10. The number of amides is 3. The molecule has 2 heterocycles. The van der Waals surface area contributed by atoms with Gasteiger partial charge in [0.25, 0.3) is 0 Å². The lowest BCUT2D eigenvalue weighted by atomic mass is 9.99. The van der Waals surface area contributed by atoms with E-state index in [1.165, 1.54) is 37.3 Å². The van der Waals surface area contributed by atoms with Crippen molar-refractivity contribution in [2.75, 3.05) is 26.2 Å². The SMILES string of the molecule is CC1CCN(CCCCNC(=O)CC(NC(N)=O)c2cccs2)CC1. The van der Waals surface area contributed by atoms with Crippen molar-refractivity contribution >= 4 is 23.3 Å². The lowest BCUT2D eigenvalue weighted by molar-refractivity contribution is -0.121.